The highest BCUT2D eigenvalue weighted by atomic mass is 32.2. The van der Waals surface area contributed by atoms with Crippen LogP contribution in [-0.4, -0.2) is 15.7 Å². The summed E-state index contributed by atoms with van der Waals surface area (Å²) < 4.78 is 0.849. The van der Waals surface area contributed by atoms with Crippen LogP contribution < -0.4 is 0 Å². The number of Topliss-reactive ketones (excluding diaryl/α,β-unsaturated/α-hetero) is 1. The minimum Gasteiger partial charge on any atom is -0.298 e. The van der Waals surface area contributed by atoms with E-state index in [-0.39, 0.29) is 5.92 Å². The van der Waals surface area contributed by atoms with Crippen LogP contribution in [0.4, 0.5) is 0 Å². The lowest BCUT2D eigenvalue weighted by atomic mass is 10.1. The molecule has 0 radical (unpaired) electrons. The molecule has 1 atom stereocenters. The summed E-state index contributed by atoms with van der Waals surface area (Å²) in [6.07, 6.45) is 0.926. The first-order chi connectivity index (χ1) is 5.07. The second-order valence-corrected chi connectivity index (χ2v) is 4.62. The van der Waals surface area contributed by atoms with Crippen LogP contribution in [0.5, 0.6) is 0 Å². The van der Waals surface area contributed by atoms with Crippen LogP contribution >= 0.6 is 24.0 Å². The molecular weight excluding hydrogens is 176 g/mol. The van der Waals surface area contributed by atoms with Crippen LogP contribution in [0, 0.1) is 5.92 Å². The van der Waals surface area contributed by atoms with Gasteiger partial charge in [-0.3, -0.25) is 4.79 Å². The molecule has 3 heteroatoms. The lowest BCUT2D eigenvalue weighted by Crippen LogP contribution is -2.12. The van der Waals surface area contributed by atoms with Crippen LogP contribution in [0.15, 0.2) is 0 Å². The van der Waals surface area contributed by atoms with Crippen molar-refractivity contribution in [2.45, 2.75) is 27.2 Å². The fourth-order valence-electron chi connectivity index (χ4n) is 0.543. The Kier molecular flexibility index (Phi) is 5.78. The Morgan fingerprint density at radius 1 is 1.64 bits per heavy atom. The molecular formula is C8H14OS2. The van der Waals surface area contributed by atoms with Gasteiger partial charge in [-0.1, -0.05) is 26.1 Å². The average Bonchev–Trinajstić information content (AvgIpc) is 1.98. The smallest absolute Gasteiger partial charge is 0.145 e. The molecule has 0 aromatic rings. The van der Waals surface area contributed by atoms with Crippen LogP contribution in [0.2, 0.25) is 0 Å². The summed E-state index contributed by atoms with van der Waals surface area (Å²) in [7, 11) is 0. The van der Waals surface area contributed by atoms with E-state index in [4.69, 9.17) is 12.2 Å². The highest BCUT2D eigenvalue weighted by Crippen LogP contribution is 2.09. The summed E-state index contributed by atoms with van der Waals surface area (Å²) in [5.74, 6) is 1.04. The molecule has 1 nitrogen and oxygen atoms in total. The predicted molar refractivity (Wildman–Crippen MR) is 55.2 cm³/mol. The summed E-state index contributed by atoms with van der Waals surface area (Å²) in [5, 5.41) is 0. The van der Waals surface area contributed by atoms with Gasteiger partial charge in [-0.15, -0.1) is 11.8 Å². The topological polar surface area (TPSA) is 17.1 Å². The third-order valence-electron chi connectivity index (χ3n) is 1.58. The molecule has 0 N–H and O–H groups in total. The number of carbonyl (C=O) groups excluding carboxylic acids is 1. The molecule has 0 saturated carbocycles. The molecule has 0 aromatic heterocycles. The van der Waals surface area contributed by atoms with Crippen LogP contribution in [0.3, 0.4) is 0 Å². The molecule has 0 rings (SSSR count). The third-order valence-corrected chi connectivity index (χ3v) is 2.77. The molecule has 0 aliphatic heterocycles. The van der Waals surface area contributed by atoms with Crippen molar-refractivity contribution in [3.63, 3.8) is 0 Å². The van der Waals surface area contributed by atoms with Gasteiger partial charge in [0.1, 0.15) is 5.78 Å². The average molecular weight is 190 g/mol. The zero-order valence-electron chi connectivity index (χ0n) is 7.22. The molecule has 11 heavy (non-hydrogen) atoms. The lowest BCUT2D eigenvalue weighted by Gasteiger charge is -2.05. The highest BCUT2D eigenvalue weighted by molar-refractivity contribution is 8.23. The Morgan fingerprint density at radius 2 is 2.18 bits per heavy atom. The molecule has 64 valence electrons. The highest BCUT2D eigenvalue weighted by Gasteiger charge is 2.09. The summed E-state index contributed by atoms with van der Waals surface area (Å²) in [6.45, 7) is 5.84. The van der Waals surface area contributed by atoms with E-state index in [9.17, 15) is 4.79 Å². The maximum Gasteiger partial charge on any atom is 0.145 e. The first-order valence-corrected chi connectivity index (χ1v) is 5.13. The quantitative estimate of drug-likeness (QED) is 0.634. The number of carbonyl (C=O) groups is 1. The van der Waals surface area contributed by atoms with Crippen molar-refractivity contribution in [3.8, 4) is 0 Å². The van der Waals surface area contributed by atoms with Crippen molar-refractivity contribution in [2.75, 3.05) is 5.75 Å². The number of thiocarbonyl (C=S) groups is 1. The van der Waals surface area contributed by atoms with Crippen LogP contribution in [-0.2, 0) is 4.79 Å². The van der Waals surface area contributed by atoms with E-state index in [1.807, 2.05) is 20.8 Å². The van der Waals surface area contributed by atoms with E-state index in [2.05, 4.69) is 0 Å². The van der Waals surface area contributed by atoms with Gasteiger partial charge < -0.3 is 0 Å². The SMILES string of the molecule is CCC(C)C(=O)CSC(C)=S. The van der Waals surface area contributed by atoms with Crippen molar-refractivity contribution in [3.05, 3.63) is 0 Å². The van der Waals surface area contributed by atoms with Crippen molar-refractivity contribution in [1.82, 2.24) is 0 Å². The number of hydrogen-bond donors (Lipinski definition) is 0. The van der Waals surface area contributed by atoms with Crippen LogP contribution in [0.1, 0.15) is 27.2 Å². The van der Waals surface area contributed by atoms with Gasteiger partial charge in [0.05, 0.1) is 5.75 Å². The molecule has 1 unspecified atom stereocenters. The van der Waals surface area contributed by atoms with Gasteiger partial charge in [0, 0.05) is 10.1 Å². The number of rotatable bonds is 4. The summed E-state index contributed by atoms with van der Waals surface area (Å²) >= 11 is 6.31. The van der Waals surface area contributed by atoms with Crippen molar-refractivity contribution in [1.29, 1.82) is 0 Å². The first kappa shape index (κ1) is 11.1. The van der Waals surface area contributed by atoms with E-state index >= 15 is 0 Å². The molecule has 0 aliphatic rings. The molecule has 0 saturated heterocycles. The summed E-state index contributed by atoms with van der Waals surface area (Å²) in [5.41, 5.74) is 0. The second-order valence-electron chi connectivity index (χ2n) is 2.56. The fourth-order valence-corrected chi connectivity index (χ4v) is 1.35. The molecule has 0 bridgehead atoms. The minimum absolute atomic E-state index is 0.192. The molecule has 0 amide bonds. The maximum atomic E-state index is 11.2. The van der Waals surface area contributed by atoms with E-state index in [0.717, 1.165) is 10.6 Å². The molecule has 0 spiro atoms. The van der Waals surface area contributed by atoms with Gasteiger partial charge in [0.2, 0.25) is 0 Å². The Labute approximate surface area is 77.9 Å². The Morgan fingerprint density at radius 3 is 2.55 bits per heavy atom. The van der Waals surface area contributed by atoms with Gasteiger partial charge in [-0.05, 0) is 13.3 Å². The van der Waals surface area contributed by atoms with Gasteiger partial charge in [0.15, 0.2) is 0 Å². The zero-order valence-corrected chi connectivity index (χ0v) is 8.85. The van der Waals surface area contributed by atoms with Crippen LogP contribution in [0.25, 0.3) is 0 Å². The monoisotopic (exact) mass is 190 g/mol. The van der Waals surface area contributed by atoms with E-state index in [0.29, 0.717) is 11.5 Å². The van der Waals surface area contributed by atoms with E-state index in [1.165, 1.54) is 11.8 Å². The predicted octanol–water partition coefficient (Wildman–Crippen LogP) is 2.68. The normalized spacial score (nSPS) is 12.6. The van der Waals surface area contributed by atoms with Gasteiger partial charge >= 0.3 is 0 Å². The largest absolute Gasteiger partial charge is 0.298 e. The fraction of sp³-hybridized carbons (Fsp3) is 0.750. The van der Waals surface area contributed by atoms with Crippen molar-refractivity contribution < 1.29 is 4.79 Å². The Balaban J connectivity index is 3.60. The number of ketones is 1. The summed E-state index contributed by atoms with van der Waals surface area (Å²) in [4.78, 5) is 11.2. The minimum atomic E-state index is 0.192. The van der Waals surface area contributed by atoms with Gasteiger partial charge in [-0.2, -0.15) is 0 Å². The van der Waals surface area contributed by atoms with Crippen molar-refractivity contribution >= 4 is 34.0 Å². The number of thioether (sulfide) groups is 1. The Hall–Kier alpha value is 0.110. The molecule has 0 aromatic carbocycles. The standard InChI is InChI=1S/C8H14OS2/c1-4-6(2)8(9)5-11-7(3)10/h6H,4-5H2,1-3H3. The first-order valence-electron chi connectivity index (χ1n) is 3.74. The third kappa shape index (κ3) is 5.39. The number of hydrogen-bond acceptors (Lipinski definition) is 3. The van der Waals surface area contributed by atoms with Gasteiger partial charge in [0.25, 0.3) is 0 Å². The Bertz CT molecular complexity index is 154. The molecule has 0 fully saturated rings. The van der Waals surface area contributed by atoms with Crippen molar-refractivity contribution in [2.24, 2.45) is 5.92 Å². The van der Waals surface area contributed by atoms with Gasteiger partial charge in [-0.25, -0.2) is 0 Å². The lowest BCUT2D eigenvalue weighted by molar-refractivity contribution is -0.119. The maximum absolute atomic E-state index is 11.2. The second kappa shape index (κ2) is 5.72. The van der Waals surface area contributed by atoms with E-state index < -0.39 is 0 Å². The molecule has 0 aliphatic carbocycles. The molecule has 0 heterocycles. The summed E-state index contributed by atoms with van der Waals surface area (Å²) in [6, 6.07) is 0. The zero-order chi connectivity index (χ0) is 8.85. The van der Waals surface area contributed by atoms with E-state index in [1.54, 1.807) is 0 Å².